The molecule has 9 heteroatoms. The van der Waals surface area contributed by atoms with E-state index in [2.05, 4.69) is 10.3 Å². The van der Waals surface area contributed by atoms with Gasteiger partial charge in [0.05, 0.1) is 17.8 Å². The summed E-state index contributed by atoms with van der Waals surface area (Å²) in [5, 5.41) is 12.3. The van der Waals surface area contributed by atoms with Gasteiger partial charge in [0.2, 0.25) is 5.91 Å². The van der Waals surface area contributed by atoms with E-state index in [1.165, 1.54) is 4.90 Å². The summed E-state index contributed by atoms with van der Waals surface area (Å²) in [6, 6.07) is 25.3. The Morgan fingerprint density at radius 1 is 0.921 bits per heavy atom. The van der Waals surface area contributed by atoms with E-state index in [0.717, 1.165) is 21.8 Å². The van der Waals surface area contributed by atoms with Gasteiger partial charge in [-0.15, -0.1) is 0 Å². The molecule has 0 bridgehead atoms. The number of pyridine rings is 1. The van der Waals surface area contributed by atoms with Crippen LogP contribution in [0.5, 0.6) is 0 Å². The minimum atomic E-state index is -1.14. The van der Waals surface area contributed by atoms with Gasteiger partial charge in [0.25, 0.3) is 5.91 Å². The van der Waals surface area contributed by atoms with E-state index in [1.807, 2.05) is 78.2 Å². The lowest BCUT2D eigenvalue weighted by molar-refractivity contribution is -0.122. The molecule has 1 saturated heterocycles. The summed E-state index contributed by atoms with van der Waals surface area (Å²) >= 11 is 0. The summed E-state index contributed by atoms with van der Waals surface area (Å²) in [6.45, 7) is 1.98. The number of amides is 3. The molecule has 0 saturated carbocycles. The molecule has 1 unspecified atom stereocenters. The van der Waals surface area contributed by atoms with E-state index < -0.39 is 18.0 Å². The second kappa shape index (κ2) is 10.6. The summed E-state index contributed by atoms with van der Waals surface area (Å²) in [4.78, 5) is 46.0. The standard InChI is InChI=1S/C29H27N5O4/c1-20-18-23(26(21-10-4-2-5-11-21)34(20)22-12-6-3-7-13-22)28(36)33-17-16-32(29(37)38)19-24(33)27(35)31-25-14-8-9-15-30-25/h2-15,18,24H,16-17,19H2,1H3,(H,37,38)(H,30,31,35). The van der Waals surface area contributed by atoms with Crippen LogP contribution < -0.4 is 5.32 Å². The number of rotatable bonds is 5. The molecule has 0 spiro atoms. The number of piperazine rings is 1. The molecule has 1 fully saturated rings. The van der Waals surface area contributed by atoms with Crippen molar-refractivity contribution < 1.29 is 19.5 Å². The van der Waals surface area contributed by atoms with Crippen molar-refractivity contribution in [2.45, 2.75) is 13.0 Å². The molecule has 0 radical (unpaired) electrons. The Bertz CT molecular complexity index is 1450. The van der Waals surface area contributed by atoms with Crippen LogP contribution in [0, 0.1) is 6.92 Å². The van der Waals surface area contributed by atoms with Gasteiger partial charge in [-0.1, -0.05) is 54.6 Å². The van der Waals surface area contributed by atoms with Gasteiger partial charge in [-0.2, -0.15) is 0 Å². The van der Waals surface area contributed by atoms with E-state index in [0.29, 0.717) is 17.1 Å². The van der Waals surface area contributed by atoms with Gasteiger partial charge in [0, 0.05) is 30.7 Å². The highest BCUT2D eigenvalue weighted by atomic mass is 16.4. The van der Waals surface area contributed by atoms with Crippen molar-refractivity contribution in [1.29, 1.82) is 0 Å². The number of nitrogens with one attached hydrogen (secondary N) is 1. The number of benzene rings is 2. The van der Waals surface area contributed by atoms with Crippen LogP contribution in [0.1, 0.15) is 16.1 Å². The number of hydrogen-bond donors (Lipinski definition) is 2. The fourth-order valence-corrected chi connectivity index (χ4v) is 4.82. The lowest BCUT2D eigenvalue weighted by Crippen LogP contribution is -2.60. The maximum atomic E-state index is 14.2. The quantitative estimate of drug-likeness (QED) is 0.417. The highest BCUT2D eigenvalue weighted by Crippen LogP contribution is 2.32. The number of anilines is 1. The normalized spacial score (nSPS) is 15.2. The first-order valence-corrected chi connectivity index (χ1v) is 12.3. The predicted octanol–water partition coefficient (Wildman–Crippen LogP) is 4.29. The lowest BCUT2D eigenvalue weighted by Gasteiger charge is -2.39. The van der Waals surface area contributed by atoms with Gasteiger partial charge >= 0.3 is 6.09 Å². The van der Waals surface area contributed by atoms with Crippen LogP contribution in [0.4, 0.5) is 10.6 Å². The van der Waals surface area contributed by atoms with Crippen molar-refractivity contribution in [1.82, 2.24) is 19.4 Å². The molecule has 1 atom stereocenters. The monoisotopic (exact) mass is 509 g/mol. The number of aryl methyl sites for hydroxylation is 1. The Labute approximate surface area is 220 Å². The number of carbonyl (C=O) groups excluding carboxylic acids is 2. The zero-order valence-corrected chi connectivity index (χ0v) is 20.8. The van der Waals surface area contributed by atoms with Crippen molar-refractivity contribution in [3.8, 4) is 16.9 Å². The average Bonchev–Trinajstić information content (AvgIpc) is 3.30. The highest BCUT2D eigenvalue weighted by Gasteiger charge is 2.39. The molecule has 1 aliphatic rings. The number of carboxylic acid groups (broad SMARTS) is 1. The maximum absolute atomic E-state index is 14.2. The topological polar surface area (TPSA) is 108 Å². The molecule has 2 N–H and O–H groups in total. The molecule has 3 heterocycles. The average molecular weight is 510 g/mol. The summed E-state index contributed by atoms with van der Waals surface area (Å²) in [5.41, 5.74) is 3.77. The largest absolute Gasteiger partial charge is 0.465 e. The van der Waals surface area contributed by atoms with Crippen LogP contribution in [0.25, 0.3) is 16.9 Å². The molecule has 4 aromatic rings. The number of nitrogens with zero attached hydrogens (tertiary/aromatic N) is 4. The molecule has 192 valence electrons. The molecule has 5 rings (SSSR count). The van der Waals surface area contributed by atoms with Crippen molar-refractivity contribution in [3.63, 3.8) is 0 Å². The molecule has 38 heavy (non-hydrogen) atoms. The Morgan fingerprint density at radius 3 is 2.26 bits per heavy atom. The maximum Gasteiger partial charge on any atom is 0.407 e. The second-order valence-electron chi connectivity index (χ2n) is 9.03. The third kappa shape index (κ3) is 4.86. The fourth-order valence-electron chi connectivity index (χ4n) is 4.82. The first-order valence-electron chi connectivity index (χ1n) is 12.3. The van der Waals surface area contributed by atoms with Crippen LogP contribution in [-0.4, -0.2) is 68.0 Å². The molecule has 1 aliphatic heterocycles. The third-order valence-electron chi connectivity index (χ3n) is 6.61. The van der Waals surface area contributed by atoms with Gasteiger partial charge in [-0.3, -0.25) is 9.59 Å². The van der Waals surface area contributed by atoms with Crippen LogP contribution >= 0.6 is 0 Å². The predicted molar refractivity (Wildman–Crippen MR) is 143 cm³/mol. The molecule has 3 amide bonds. The number of carbonyl (C=O) groups is 3. The van der Waals surface area contributed by atoms with E-state index in [9.17, 15) is 19.5 Å². The van der Waals surface area contributed by atoms with Gasteiger partial charge < -0.3 is 24.8 Å². The van der Waals surface area contributed by atoms with Crippen molar-refractivity contribution in [2.75, 3.05) is 25.0 Å². The number of para-hydroxylation sites is 1. The first kappa shape index (κ1) is 24.8. The molecule has 2 aromatic heterocycles. The lowest BCUT2D eigenvalue weighted by atomic mass is 10.0. The van der Waals surface area contributed by atoms with E-state index in [4.69, 9.17) is 0 Å². The molecule has 9 nitrogen and oxygen atoms in total. The zero-order chi connectivity index (χ0) is 26.6. The summed E-state index contributed by atoms with van der Waals surface area (Å²) < 4.78 is 2.03. The Hall–Kier alpha value is -4.92. The van der Waals surface area contributed by atoms with Crippen LogP contribution in [0.2, 0.25) is 0 Å². The van der Waals surface area contributed by atoms with Gasteiger partial charge in [0.15, 0.2) is 0 Å². The molecular formula is C29H27N5O4. The SMILES string of the molecule is Cc1cc(C(=O)N2CCN(C(=O)O)CC2C(=O)Nc2ccccn2)c(-c2ccccc2)n1-c1ccccc1. The number of hydrogen-bond acceptors (Lipinski definition) is 4. The van der Waals surface area contributed by atoms with Gasteiger partial charge in [-0.25, -0.2) is 9.78 Å². The fraction of sp³-hybridized carbons (Fsp3) is 0.172. The molecule has 0 aliphatic carbocycles. The van der Waals surface area contributed by atoms with Crippen molar-refractivity contribution in [3.05, 3.63) is 102 Å². The van der Waals surface area contributed by atoms with E-state index in [1.54, 1.807) is 24.4 Å². The summed E-state index contributed by atoms with van der Waals surface area (Å²) in [7, 11) is 0. The van der Waals surface area contributed by atoms with Gasteiger partial charge in [0.1, 0.15) is 11.9 Å². The van der Waals surface area contributed by atoms with Crippen LogP contribution in [0.15, 0.2) is 91.1 Å². The van der Waals surface area contributed by atoms with E-state index >= 15 is 0 Å². The van der Waals surface area contributed by atoms with E-state index in [-0.39, 0.29) is 25.5 Å². The van der Waals surface area contributed by atoms with Crippen LogP contribution in [0.3, 0.4) is 0 Å². The summed E-state index contributed by atoms with van der Waals surface area (Å²) in [6.07, 6.45) is 0.410. The second-order valence-corrected chi connectivity index (χ2v) is 9.03. The molecular weight excluding hydrogens is 482 g/mol. The third-order valence-corrected chi connectivity index (χ3v) is 6.61. The van der Waals surface area contributed by atoms with Crippen LogP contribution in [-0.2, 0) is 4.79 Å². The molecule has 2 aromatic carbocycles. The zero-order valence-electron chi connectivity index (χ0n) is 20.8. The minimum Gasteiger partial charge on any atom is -0.465 e. The van der Waals surface area contributed by atoms with Gasteiger partial charge in [-0.05, 0) is 42.8 Å². The summed E-state index contributed by atoms with van der Waals surface area (Å²) in [5.74, 6) is -0.510. The first-order chi connectivity index (χ1) is 18.4. The Kier molecular flexibility index (Phi) is 6.90. The van der Waals surface area contributed by atoms with Crippen molar-refractivity contribution >= 4 is 23.7 Å². The Morgan fingerprint density at radius 2 is 1.61 bits per heavy atom. The minimum absolute atomic E-state index is 0.0786. The van der Waals surface area contributed by atoms with Crippen molar-refractivity contribution in [2.24, 2.45) is 0 Å². The smallest absolute Gasteiger partial charge is 0.407 e. The number of aromatic nitrogens is 2. The Balaban J connectivity index is 1.57. The highest BCUT2D eigenvalue weighted by molar-refractivity contribution is 6.05.